The highest BCUT2D eigenvalue weighted by Crippen LogP contribution is 2.26. The Morgan fingerprint density at radius 1 is 0.900 bits per heavy atom. The number of nitrogens with one attached hydrogen (secondary N) is 1. The number of aryl methyl sites for hydroxylation is 2. The minimum atomic E-state index is 0.294. The van der Waals surface area contributed by atoms with Crippen LogP contribution in [0, 0.1) is 0 Å². The van der Waals surface area contributed by atoms with E-state index in [4.69, 9.17) is 0 Å². The highest BCUT2D eigenvalue weighted by atomic mass is 14.9. The molecule has 1 atom stereocenters. The third-order valence-corrected chi connectivity index (χ3v) is 3.85. The van der Waals surface area contributed by atoms with Crippen molar-refractivity contribution < 1.29 is 0 Å². The van der Waals surface area contributed by atoms with Crippen LogP contribution in [0.1, 0.15) is 49.1 Å². The maximum atomic E-state index is 3.64. The third kappa shape index (κ3) is 3.29. The van der Waals surface area contributed by atoms with E-state index in [1.54, 1.807) is 0 Å². The molecule has 2 rings (SSSR count). The second kappa shape index (κ2) is 7.25. The fraction of sp³-hybridized carbons (Fsp3) is 0.368. The number of hydrogen-bond donors (Lipinski definition) is 1. The summed E-state index contributed by atoms with van der Waals surface area (Å²) in [5.41, 5.74) is 5.63. The lowest BCUT2D eigenvalue weighted by Gasteiger charge is -2.22. The fourth-order valence-electron chi connectivity index (χ4n) is 2.71. The first-order valence-corrected chi connectivity index (χ1v) is 7.70. The SMILES string of the molecule is CCNC(c1ccccc1)c1cc(CC)ccc1CC. The molecule has 1 nitrogen and oxygen atoms in total. The first kappa shape index (κ1) is 14.8. The van der Waals surface area contributed by atoms with Crippen molar-refractivity contribution in [1.29, 1.82) is 0 Å². The van der Waals surface area contributed by atoms with Crippen LogP contribution in [0.3, 0.4) is 0 Å². The molecule has 0 fully saturated rings. The van der Waals surface area contributed by atoms with E-state index in [2.05, 4.69) is 74.6 Å². The number of benzene rings is 2. The monoisotopic (exact) mass is 267 g/mol. The maximum absolute atomic E-state index is 3.64. The van der Waals surface area contributed by atoms with Gasteiger partial charge in [-0.15, -0.1) is 0 Å². The summed E-state index contributed by atoms with van der Waals surface area (Å²) >= 11 is 0. The van der Waals surface area contributed by atoms with Gasteiger partial charge in [0, 0.05) is 0 Å². The predicted octanol–water partition coefficient (Wildman–Crippen LogP) is 4.51. The molecule has 20 heavy (non-hydrogen) atoms. The summed E-state index contributed by atoms with van der Waals surface area (Å²) < 4.78 is 0. The van der Waals surface area contributed by atoms with Crippen molar-refractivity contribution in [2.45, 2.75) is 39.7 Å². The van der Waals surface area contributed by atoms with Crippen molar-refractivity contribution in [2.24, 2.45) is 0 Å². The Bertz CT molecular complexity index is 531. The van der Waals surface area contributed by atoms with Gasteiger partial charge in [-0.25, -0.2) is 0 Å². The first-order valence-electron chi connectivity index (χ1n) is 7.70. The van der Waals surface area contributed by atoms with Crippen molar-refractivity contribution in [3.63, 3.8) is 0 Å². The van der Waals surface area contributed by atoms with Crippen LogP contribution in [-0.2, 0) is 12.8 Å². The normalized spacial score (nSPS) is 12.3. The summed E-state index contributed by atoms with van der Waals surface area (Å²) in [5, 5.41) is 3.64. The minimum absolute atomic E-state index is 0.294. The zero-order valence-corrected chi connectivity index (χ0v) is 12.8. The lowest BCUT2D eigenvalue weighted by molar-refractivity contribution is 0.625. The fourth-order valence-corrected chi connectivity index (χ4v) is 2.71. The molecule has 2 aromatic carbocycles. The molecule has 0 radical (unpaired) electrons. The lowest BCUT2D eigenvalue weighted by Crippen LogP contribution is -2.23. The summed E-state index contributed by atoms with van der Waals surface area (Å²) in [4.78, 5) is 0. The summed E-state index contributed by atoms with van der Waals surface area (Å²) in [7, 11) is 0. The smallest absolute Gasteiger partial charge is 0.0579 e. The van der Waals surface area contributed by atoms with Gasteiger partial charge in [0.15, 0.2) is 0 Å². The van der Waals surface area contributed by atoms with Crippen molar-refractivity contribution >= 4 is 0 Å². The standard InChI is InChI=1S/C19H25N/c1-4-15-12-13-16(5-2)18(14-15)19(20-6-3)17-10-8-7-9-11-17/h7-14,19-20H,4-6H2,1-3H3. The van der Waals surface area contributed by atoms with Crippen molar-refractivity contribution in [1.82, 2.24) is 5.32 Å². The van der Waals surface area contributed by atoms with Gasteiger partial charge in [-0.1, -0.05) is 69.3 Å². The van der Waals surface area contributed by atoms with E-state index in [1.807, 2.05) is 0 Å². The van der Waals surface area contributed by atoms with E-state index in [9.17, 15) is 0 Å². The number of hydrogen-bond acceptors (Lipinski definition) is 1. The Balaban J connectivity index is 2.48. The van der Waals surface area contributed by atoms with Crippen LogP contribution in [-0.4, -0.2) is 6.54 Å². The van der Waals surface area contributed by atoms with E-state index in [1.165, 1.54) is 22.3 Å². The molecule has 0 aliphatic carbocycles. The average molecular weight is 267 g/mol. The summed E-state index contributed by atoms with van der Waals surface area (Å²) in [5.74, 6) is 0. The maximum Gasteiger partial charge on any atom is 0.0579 e. The third-order valence-electron chi connectivity index (χ3n) is 3.85. The Kier molecular flexibility index (Phi) is 5.37. The van der Waals surface area contributed by atoms with E-state index >= 15 is 0 Å². The molecule has 2 aromatic rings. The van der Waals surface area contributed by atoms with E-state index in [0.717, 1.165) is 19.4 Å². The zero-order valence-electron chi connectivity index (χ0n) is 12.8. The molecular weight excluding hydrogens is 242 g/mol. The molecular formula is C19H25N. The van der Waals surface area contributed by atoms with Gasteiger partial charge in [0.05, 0.1) is 6.04 Å². The van der Waals surface area contributed by atoms with Gasteiger partial charge in [-0.2, -0.15) is 0 Å². The molecule has 0 bridgehead atoms. The second-order valence-electron chi connectivity index (χ2n) is 5.14. The van der Waals surface area contributed by atoms with Crippen LogP contribution in [0.15, 0.2) is 48.5 Å². The highest BCUT2D eigenvalue weighted by molar-refractivity contribution is 5.40. The van der Waals surface area contributed by atoms with Crippen LogP contribution < -0.4 is 5.32 Å². The molecule has 0 aromatic heterocycles. The van der Waals surface area contributed by atoms with Crippen molar-refractivity contribution in [3.8, 4) is 0 Å². The Labute approximate surface area is 123 Å². The van der Waals surface area contributed by atoms with Crippen molar-refractivity contribution in [3.05, 3.63) is 70.8 Å². The molecule has 1 unspecified atom stereocenters. The largest absolute Gasteiger partial charge is 0.307 e. The minimum Gasteiger partial charge on any atom is -0.307 e. The summed E-state index contributed by atoms with van der Waals surface area (Å²) in [6.45, 7) is 7.60. The molecule has 0 saturated heterocycles. The van der Waals surface area contributed by atoms with Crippen LogP contribution in [0.2, 0.25) is 0 Å². The van der Waals surface area contributed by atoms with E-state index < -0.39 is 0 Å². The average Bonchev–Trinajstić information content (AvgIpc) is 2.53. The molecule has 0 heterocycles. The number of rotatable bonds is 6. The van der Waals surface area contributed by atoms with Gasteiger partial charge >= 0.3 is 0 Å². The van der Waals surface area contributed by atoms with Gasteiger partial charge in [-0.05, 0) is 41.6 Å². The van der Waals surface area contributed by atoms with Gasteiger partial charge in [0.2, 0.25) is 0 Å². The highest BCUT2D eigenvalue weighted by Gasteiger charge is 2.16. The van der Waals surface area contributed by atoms with E-state index in [-0.39, 0.29) is 0 Å². The molecule has 1 N–H and O–H groups in total. The molecule has 0 aliphatic rings. The molecule has 1 heteroatoms. The van der Waals surface area contributed by atoms with Gasteiger partial charge < -0.3 is 5.32 Å². The van der Waals surface area contributed by atoms with Crippen LogP contribution >= 0.6 is 0 Å². The molecule has 106 valence electrons. The summed E-state index contributed by atoms with van der Waals surface area (Å²) in [6, 6.07) is 18.0. The predicted molar refractivity (Wildman–Crippen MR) is 87.2 cm³/mol. The molecule has 0 saturated carbocycles. The Morgan fingerprint density at radius 3 is 2.25 bits per heavy atom. The quantitative estimate of drug-likeness (QED) is 0.812. The van der Waals surface area contributed by atoms with Crippen LogP contribution in [0.5, 0.6) is 0 Å². The second-order valence-corrected chi connectivity index (χ2v) is 5.14. The van der Waals surface area contributed by atoms with E-state index in [0.29, 0.717) is 6.04 Å². The first-order chi connectivity index (χ1) is 9.80. The molecule has 0 amide bonds. The van der Waals surface area contributed by atoms with Gasteiger partial charge in [-0.3, -0.25) is 0 Å². The van der Waals surface area contributed by atoms with Gasteiger partial charge in [0.1, 0.15) is 0 Å². The van der Waals surface area contributed by atoms with Crippen LogP contribution in [0.4, 0.5) is 0 Å². The molecule has 0 aliphatic heterocycles. The Hall–Kier alpha value is -1.60. The van der Waals surface area contributed by atoms with Crippen molar-refractivity contribution in [2.75, 3.05) is 6.54 Å². The topological polar surface area (TPSA) is 12.0 Å². The molecule has 0 spiro atoms. The lowest BCUT2D eigenvalue weighted by atomic mass is 9.91. The Morgan fingerprint density at radius 2 is 1.65 bits per heavy atom. The van der Waals surface area contributed by atoms with Crippen LogP contribution in [0.25, 0.3) is 0 Å². The zero-order chi connectivity index (χ0) is 14.4. The summed E-state index contributed by atoms with van der Waals surface area (Å²) in [6.07, 6.45) is 2.17. The van der Waals surface area contributed by atoms with Gasteiger partial charge in [0.25, 0.3) is 0 Å².